The lowest BCUT2D eigenvalue weighted by Gasteiger charge is -2.35. The summed E-state index contributed by atoms with van der Waals surface area (Å²) in [5.41, 5.74) is 1.99. The summed E-state index contributed by atoms with van der Waals surface area (Å²) < 4.78 is 60.8. The quantitative estimate of drug-likeness (QED) is 0.292. The van der Waals surface area contributed by atoms with Crippen LogP contribution in [0.1, 0.15) is 110 Å². The van der Waals surface area contributed by atoms with Crippen molar-refractivity contribution in [1.82, 2.24) is 35.5 Å². The van der Waals surface area contributed by atoms with Gasteiger partial charge in [0.1, 0.15) is 5.69 Å². The lowest BCUT2D eigenvalue weighted by atomic mass is 9.78. The zero-order chi connectivity index (χ0) is 30.4. The van der Waals surface area contributed by atoms with Crippen LogP contribution in [0, 0.1) is 24.7 Å². The van der Waals surface area contributed by atoms with E-state index in [2.05, 4.69) is 30.7 Å². The molecule has 2 N–H and O–H groups in total. The zero-order valence-electron chi connectivity index (χ0n) is 23.9. The highest BCUT2D eigenvalue weighted by Crippen LogP contribution is 2.44. The van der Waals surface area contributed by atoms with Gasteiger partial charge in [0.2, 0.25) is 17.8 Å². The minimum atomic E-state index is -2.74. The molecule has 232 valence electrons. The van der Waals surface area contributed by atoms with Crippen LogP contribution < -0.4 is 10.6 Å². The second-order valence-electron chi connectivity index (χ2n) is 12.6. The molecule has 2 amide bonds. The maximum Gasteiger partial charge on any atom is 0.276 e. The Labute approximate surface area is 245 Å². The van der Waals surface area contributed by atoms with Gasteiger partial charge in [-0.05, 0) is 60.7 Å². The molecule has 6 rings (SSSR count). The van der Waals surface area contributed by atoms with Crippen molar-refractivity contribution in [1.29, 1.82) is 0 Å². The lowest BCUT2D eigenvalue weighted by Crippen LogP contribution is -2.39. The summed E-state index contributed by atoms with van der Waals surface area (Å²) in [7, 11) is 0. The summed E-state index contributed by atoms with van der Waals surface area (Å²) in [6.07, 6.45) is 6.64. The monoisotopic (exact) mass is 605 g/mol. The molecule has 0 saturated heterocycles. The standard InChI is InChI=1S/C29H35F4N7O3/c1-16-25(39-43-38-16)27(42)37-26(19-5-7-28(30,31)8-6-19)22-15-40-23(35-22)11-20(14-34-40)21(9-17-3-2-4-17)36-24(41)10-18-12-29(32,33)13-18/h11,14-15,17-19,21,26H,2-10,12-13H2,1H3,(H,36,41)(H,37,42)/t21?,26-/m0/s1. The van der Waals surface area contributed by atoms with E-state index >= 15 is 0 Å². The highest BCUT2D eigenvalue weighted by molar-refractivity contribution is 5.93. The van der Waals surface area contributed by atoms with Crippen molar-refractivity contribution in [2.24, 2.45) is 17.8 Å². The van der Waals surface area contributed by atoms with Gasteiger partial charge in [-0.25, -0.2) is 31.7 Å². The fourth-order valence-electron chi connectivity index (χ4n) is 6.51. The summed E-state index contributed by atoms with van der Waals surface area (Å²) >= 11 is 0. The summed E-state index contributed by atoms with van der Waals surface area (Å²) in [6.45, 7) is 1.58. The molecule has 3 aliphatic carbocycles. The van der Waals surface area contributed by atoms with Crippen molar-refractivity contribution in [2.75, 3.05) is 0 Å². The molecule has 0 aromatic carbocycles. The number of rotatable bonds is 10. The van der Waals surface area contributed by atoms with Crippen LogP contribution in [-0.2, 0) is 4.79 Å². The van der Waals surface area contributed by atoms with Gasteiger partial charge in [-0.15, -0.1) is 0 Å². The molecular formula is C29H35F4N7O3. The Kier molecular flexibility index (Phi) is 7.88. The minimum Gasteiger partial charge on any atom is -0.349 e. The highest BCUT2D eigenvalue weighted by atomic mass is 19.3. The van der Waals surface area contributed by atoms with Gasteiger partial charge in [-0.2, -0.15) is 5.10 Å². The minimum absolute atomic E-state index is 0.00973. The summed E-state index contributed by atoms with van der Waals surface area (Å²) in [4.78, 5) is 30.6. The highest BCUT2D eigenvalue weighted by Gasteiger charge is 2.46. The topological polar surface area (TPSA) is 127 Å². The molecule has 3 aromatic heterocycles. The molecule has 0 bridgehead atoms. The van der Waals surface area contributed by atoms with Gasteiger partial charge >= 0.3 is 0 Å². The molecular weight excluding hydrogens is 570 g/mol. The number of carbonyl (C=O) groups excluding carboxylic acids is 2. The molecule has 3 aliphatic rings. The van der Waals surface area contributed by atoms with Crippen LogP contribution in [-0.4, -0.2) is 48.6 Å². The van der Waals surface area contributed by atoms with Crippen LogP contribution in [0.2, 0.25) is 0 Å². The third kappa shape index (κ3) is 6.67. The molecule has 0 aliphatic heterocycles. The largest absolute Gasteiger partial charge is 0.349 e. The Morgan fingerprint density at radius 2 is 1.79 bits per heavy atom. The van der Waals surface area contributed by atoms with Gasteiger partial charge in [-0.3, -0.25) is 9.59 Å². The van der Waals surface area contributed by atoms with Gasteiger partial charge < -0.3 is 10.6 Å². The van der Waals surface area contributed by atoms with E-state index in [4.69, 9.17) is 4.98 Å². The van der Waals surface area contributed by atoms with Crippen LogP contribution in [0.15, 0.2) is 23.1 Å². The van der Waals surface area contributed by atoms with Crippen LogP contribution in [0.3, 0.4) is 0 Å². The fourth-order valence-corrected chi connectivity index (χ4v) is 6.51. The summed E-state index contributed by atoms with van der Waals surface area (Å²) in [5, 5.41) is 17.8. The van der Waals surface area contributed by atoms with E-state index in [1.165, 1.54) is 0 Å². The van der Waals surface area contributed by atoms with Gasteiger partial charge in [0, 0.05) is 32.1 Å². The van der Waals surface area contributed by atoms with Crippen molar-refractivity contribution in [3.8, 4) is 0 Å². The smallest absolute Gasteiger partial charge is 0.276 e. The SMILES string of the molecule is Cc1nonc1C(=O)N[C@H](c1cn2ncc(C(CC3CCC3)NC(=O)CC3CC(F)(F)C3)cc2n1)C1CCC(F)(F)CC1. The van der Waals surface area contributed by atoms with Crippen molar-refractivity contribution in [3.05, 3.63) is 41.1 Å². The molecule has 2 atom stereocenters. The molecule has 3 saturated carbocycles. The molecule has 14 heteroatoms. The van der Waals surface area contributed by atoms with Crippen molar-refractivity contribution in [2.45, 2.75) is 101 Å². The van der Waals surface area contributed by atoms with E-state index in [9.17, 15) is 27.2 Å². The Balaban J connectivity index is 1.24. The number of fused-ring (bicyclic) bond motifs is 1. The van der Waals surface area contributed by atoms with Crippen LogP contribution in [0.5, 0.6) is 0 Å². The van der Waals surface area contributed by atoms with Gasteiger partial charge in [0.25, 0.3) is 5.91 Å². The number of carbonyl (C=O) groups is 2. The number of aryl methyl sites for hydroxylation is 1. The second kappa shape index (κ2) is 11.5. The number of imidazole rings is 1. The Hall–Kier alpha value is -3.58. The van der Waals surface area contributed by atoms with E-state index in [0.29, 0.717) is 29.4 Å². The molecule has 43 heavy (non-hydrogen) atoms. The van der Waals surface area contributed by atoms with Gasteiger partial charge in [-0.1, -0.05) is 24.4 Å². The molecule has 10 nitrogen and oxygen atoms in total. The number of nitrogens with one attached hydrogen (secondary N) is 2. The molecule has 1 unspecified atom stereocenters. The first-order chi connectivity index (χ1) is 20.4. The number of halogens is 4. The average molecular weight is 606 g/mol. The molecule has 0 spiro atoms. The van der Waals surface area contributed by atoms with Crippen LogP contribution >= 0.6 is 0 Å². The maximum absolute atomic E-state index is 14.0. The zero-order valence-corrected chi connectivity index (χ0v) is 23.9. The summed E-state index contributed by atoms with van der Waals surface area (Å²) in [6, 6.07) is 0.780. The predicted octanol–water partition coefficient (Wildman–Crippen LogP) is 5.50. The van der Waals surface area contributed by atoms with E-state index in [-0.39, 0.29) is 74.4 Å². The first-order valence-electron chi connectivity index (χ1n) is 14.9. The third-order valence-corrected chi connectivity index (χ3v) is 9.25. The third-order valence-electron chi connectivity index (χ3n) is 9.25. The molecule has 3 fully saturated rings. The number of hydrogen-bond acceptors (Lipinski definition) is 7. The fraction of sp³-hybridized carbons (Fsp3) is 0.655. The number of alkyl halides is 4. The van der Waals surface area contributed by atoms with Gasteiger partial charge in [0.15, 0.2) is 11.3 Å². The number of aromatic nitrogens is 5. The van der Waals surface area contributed by atoms with Crippen molar-refractivity contribution < 1.29 is 31.8 Å². The Morgan fingerprint density at radius 1 is 1.05 bits per heavy atom. The van der Waals surface area contributed by atoms with E-state index in [0.717, 1.165) is 24.8 Å². The molecule has 0 radical (unpaired) electrons. The van der Waals surface area contributed by atoms with E-state index in [1.54, 1.807) is 23.8 Å². The van der Waals surface area contributed by atoms with Crippen molar-refractivity contribution >= 4 is 17.5 Å². The predicted molar refractivity (Wildman–Crippen MR) is 144 cm³/mol. The number of amides is 2. The molecule has 3 aromatic rings. The Morgan fingerprint density at radius 3 is 2.42 bits per heavy atom. The second-order valence-corrected chi connectivity index (χ2v) is 12.6. The number of hydrogen-bond donors (Lipinski definition) is 2. The maximum atomic E-state index is 14.0. The van der Waals surface area contributed by atoms with Gasteiger partial charge in [0.05, 0.1) is 30.2 Å². The van der Waals surface area contributed by atoms with Crippen LogP contribution in [0.4, 0.5) is 17.6 Å². The van der Waals surface area contributed by atoms with E-state index in [1.807, 2.05) is 6.07 Å². The number of nitrogens with zero attached hydrogens (tertiary/aromatic N) is 5. The average Bonchev–Trinajstić information content (AvgIpc) is 3.53. The first-order valence-corrected chi connectivity index (χ1v) is 14.9. The molecule has 3 heterocycles. The van der Waals surface area contributed by atoms with E-state index < -0.39 is 23.8 Å². The normalized spacial score (nSPS) is 22.0. The first kappa shape index (κ1) is 29.5. The Bertz CT molecular complexity index is 1470. The van der Waals surface area contributed by atoms with Crippen LogP contribution in [0.25, 0.3) is 5.65 Å². The lowest BCUT2D eigenvalue weighted by molar-refractivity contribution is -0.134. The van der Waals surface area contributed by atoms with Crippen molar-refractivity contribution in [3.63, 3.8) is 0 Å². The summed E-state index contributed by atoms with van der Waals surface area (Å²) in [5.74, 6) is -6.39.